The number of benzene rings is 1. The molecule has 0 aliphatic rings. The van der Waals surface area contributed by atoms with Gasteiger partial charge in [0.05, 0.1) is 24.1 Å². The van der Waals surface area contributed by atoms with Crippen LogP contribution >= 0.6 is 0 Å². The molecule has 1 aromatic carbocycles. The van der Waals surface area contributed by atoms with Crippen LogP contribution in [0, 0.1) is 13.8 Å². The van der Waals surface area contributed by atoms with E-state index < -0.39 is 0 Å². The van der Waals surface area contributed by atoms with Crippen LogP contribution in [0.1, 0.15) is 21.7 Å². The molecular weight excluding hydrogens is 256 g/mol. The number of carbonyl (C=O) groups excluding carboxylic acids is 1. The fraction of sp³-hybridized carbons (Fsp3) is 0.286. The van der Waals surface area contributed by atoms with Gasteiger partial charge in [-0.3, -0.25) is 9.48 Å². The highest BCUT2D eigenvalue weighted by molar-refractivity contribution is 6.06. The van der Waals surface area contributed by atoms with E-state index in [9.17, 15) is 4.79 Å². The highest BCUT2D eigenvalue weighted by Crippen LogP contribution is 2.27. The first-order valence-electron chi connectivity index (χ1n) is 6.19. The third-order valence-electron chi connectivity index (χ3n) is 3.21. The average Bonchev–Trinajstić information content (AvgIpc) is 2.63. The average molecular weight is 274 g/mol. The minimum atomic E-state index is -0.225. The molecule has 2 aromatic rings. The topological polar surface area (TPSA) is 82.2 Å². The van der Waals surface area contributed by atoms with Crippen LogP contribution < -0.4 is 15.8 Å². The van der Waals surface area contributed by atoms with Crippen LogP contribution in [0.5, 0.6) is 5.75 Å². The summed E-state index contributed by atoms with van der Waals surface area (Å²) in [6.45, 7) is 3.66. The minimum Gasteiger partial charge on any atom is -0.495 e. The monoisotopic (exact) mass is 274 g/mol. The molecule has 0 aliphatic carbocycles. The SMILES string of the molecule is COc1ccc(N)cc1NC(=O)c1c(C)nn(C)c1C. The maximum atomic E-state index is 12.4. The summed E-state index contributed by atoms with van der Waals surface area (Å²) in [6, 6.07) is 5.10. The number of amides is 1. The Bertz CT molecular complexity index is 661. The first kappa shape index (κ1) is 13.9. The quantitative estimate of drug-likeness (QED) is 0.837. The van der Waals surface area contributed by atoms with Gasteiger partial charge in [0.2, 0.25) is 0 Å². The number of aryl methyl sites for hydroxylation is 2. The Kier molecular flexibility index (Phi) is 3.65. The normalized spacial score (nSPS) is 10.4. The van der Waals surface area contributed by atoms with Crippen LogP contribution in [0.4, 0.5) is 11.4 Å². The zero-order valence-electron chi connectivity index (χ0n) is 12.0. The van der Waals surface area contributed by atoms with Gasteiger partial charge in [0.25, 0.3) is 5.91 Å². The Morgan fingerprint density at radius 2 is 2.10 bits per heavy atom. The number of anilines is 2. The number of rotatable bonds is 3. The van der Waals surface area contributed by atoms with Crippen molar-refractivity contribution in [3.63, 3.8) is 0 Å². The molecule has 20 heavy (non-hydrogen) atoms. The zero-order valence-corrected chi connectivity index (χ0v) is 12.0. The van der Waals surface area contributed by atoms with Crippen molar-refractivity contribution in [1.82, 2.24) is 9.78 Å². The number of nitrogens with zero attached hydrogens (tertiary/aromatic N) is 2. The molecule has 2 rings (SSSR count). The fourth-order valence-electron chi connectivity index (χ4n) is 2.11. The second-order valence-electron chi connectivity index (χ2n) is 4.58. The molecule has 1 aromatic heterocycles. The summed E-state index contributed by atoms with van der Waals surface area (Å²) in [5, 5.41) is 7.05. The number of carbonyl (C=O) groups is 1. The van der Waals surface area contributed by atoms with Gasteiger partial charge in [-0.15, -0.1) is 0 Å². The molecule has 0 spiro atoms. The van der Waals surface area contributed by atoms with Crippen molar-refractivity contribution in [1.29, 1.82) is 0 Å². The maximum Gasteiger partial charge on any atom is 0.259 e. The van der Waals surface area contributed by atoms with Crippen molar-refractivity contribution in [3.05, 3.63) is 35.2 Å². The van der Waals surface area contributed by atoms with E-state index in [1.807, 2.05) is 6.92 Å². The second kappa shape index (κ2) is 5.24. The van der Waals surface area contributed by atoms with Crippen molar-refractivity contribution >= 4 is 17.3 Å². The van der Waals surface area contributed by atoms with E-state index in [0.29, 0.717) is 28.4 Å². The van der Waals surface area contributed by atoms with Gasteiger partial charge in [0.1, 0.15) is 5.75 Å². The molecule has 6 nitrogen and oxygen atoms in total. The van der Waals surface area contributed by atoms with E-state index >= 15 is 0 Å². The summed E-state index contributed by atoms with van der Waals surface area (Å²) < 4.78 is 6.89. The van der Waals surface area contributed by atoms with Crippen molar-refractivity contribution in [2.24, 2.45) is 7.05 Å². The molecular formula is C14H18N4O2. The Balaban J connectivity index is 2.35. The van der Waals surface area contributed by atoms with Gasteiger partial charge >= 0.3 is 0 Å². The molecule has 1 heterocycles. The number of nitrogens with two attached hydrogens (primary N) is 1. The Labute approximate surface area is 117 Å². The Morgan fingerprint density at radius 3 is 2.65 bits per heavy atom. The van der Waals surface area contributed by atoms with Crippen molar-refractivity contribution < 1.29 is 9.53 Å². The summed E-state index contributed by atoms with van der Waals surface area (Å²) in [7, 11) is 3.35. The van der Waals surface area contributed by atoms with E-state index in [1.54, 1.807) is 44.0 Å². The summed E-state index contributed by atoms with van der Waals surface area (Å²) in [5.41, 5.74) is 8.90. The van der Waals surface area contributed by atoms with Gasteiger partial charge in [-0.25, -0.2) is 0 Å². The highest BCUT2D eigenvalue weighted by atomic mass is 16.5. The highest BCUT2D eigenvalue weighted by Gasteiger charge is 2.18. The molecule has 0 radical (unpaired) electrons. The van der Waals surface area contributed by atoms with E-state index in [-0.39, 0.29) is 5.91 Å². The maximum absolute atomic E-state index is 12.4. The summed E-state index contributed by atoms with van der Waals surface area (Å²) >= 11 is 0. The molecule has 0 aliphatic heterocycles. The summed E-state index contributed by atoms with van der Waals surface area (Å²) in [6.07, 6.45) is 0. The number of hydrogen-bond donors (Lipinski definition) is 2. The predicted molar refractivity (Wildman–Crippen MR) is 78.0 cm³/mol. The van der Waals surface area contributed by atoms with Gasteiger partial charge in [-0.05, 0) is 32.0 Å². The van der Waals surface area contributed by atoms with Gasteiger partial charge in [-0.1, -0.05) is 0 Å². The zero-order chi connectivity index (χ0) is 14.9. The van der Waals surface area contributed by atoms with E-state index in [4.69, 9.17) is 10.5 Å². The first-order chi connectivity index (χ1) is 9.43. The lowest BCUT2D eigenvalue weighted by atomic mass is 10.1. The third-order valence-corrected chi connectivity index (χ3v) is 3.21. The molecule has 1 amide bonds. The Morgan fingerprint density at radius 1 is 1.40 bits per heavy atom. The number of aromatic nitrogens is 2. The number of nitrogens with one attached hydrogen (secondary N) is 1. The van der Waals surface area contributed by atoms with Crippen molar-refractivity contribution in [2.75, 3.05) is 18.2 Å². The molecule has 0 unspecified atom stereocenters. The molecule has 3 N–H and O–H groups in total. The molecule has 6 heteroatoms. The number of ether oxygens (including phenoxy) is 1. The lowest BCUT2D eigenvalue weighted by molar-refractivity contribution is 0.102. The van der Waals surface area contributed by atoms with E-state index in [0.717, 1.165) is 5.69 Å². The van der Waals surface area contributed by atoms with E-state index in [2.05, 4.69) is 10.4 Å². The molecule has 0 atom stereocenters. The molecule has 0 saturated heterocycles. The van der Waals surface area contributed by atoms with Gasteiger partial charge in [0, 0.05) is 18.4 Å². The van der Waals surface area contributed by atoms with Gasteiger partial charge < -0.3 is 15.8 Å². The minimum absolute atomic E-state index is 0.225. The fourth-order valence-corrected chi connectivity index (χ4v) is 2.11. The summed E-state index contributed by atoms with van der Waals surface area (Å²) in [4.78, 5) is 12.4. The number of nitrogen functional groups attached to an aromatic ring is 1. The lowest BCUT2D eigenvalue weighted by Gasteiger charge is -2.11. The van der Waals surface area contributed by atoms with Crippen molar-refractivity contribution in [2.45, 2.75) is 13.8 Å². The lowest BCUT2D eigenvalue weighted by Crippen LogP contribution is -2.15. The molecule has 0 bridgehead atoms. The van der Waals surface area contributed by atoms with Gasteiger partial charge in [0.15, 0.2) is 0 Å². The van der Waals surface area contributed by atoms with Crippen molar-refractivity contribution in [3.8, 4) is 5.75 Å². The Hall–Kier alpha value is -2.50. The van der Waals surface area contributed by atoms with Crippen LogP contribution in [0.25, 0.3) is 0 Å². The molecule has 0 fully saturated rings. The van der Waals surface area contributed by atoms with Crippen LogP contribution in [-0.2, 0) is 7.05 Å². The third kappa shape index (κ3) is 2.45. The van der Waals surface area contributed by atoms with Crippen LogP contribution in [0.15, 0.2) is 18.2 Å². The van der Waals surface area contributed by atoms with Gasteiger partial charge in [-0.2, -0.15) is 5.10 Å². The standard InChI is InChI=1S/C14H18N4O2/c1-8-13(9(2)18(3)17-8)14(19)16-11-7-10(15)5-6-12(11)20-4/h5-7H,15H2,1-4H3,(H,16,19). The second-order valence-corrected chi connectivity index (χ2v) is 4.58. The van der Waals surface area contributed by atoms with Crippen LogP contribution in [-0.4, -0.2) is 22.8 Å². The molecule has 106 valence electrons. The smallest absolute Gasteiger partial charge is 0.259 e. The molecule has 0 saturated carbocycles. The van der Waals surface area contributed by atoms with Crippen LogP contribution in [0.3, 0.4) is 0 Å². The number of methoxy groups -OCH3 is 1. The predicted octanol–water partition coefficient (Wildman–Crippen LogP) is 1.88. The largest absolute Gasteiger partial charge is 0.495 e. The van der Waals surface area contributed by atoms with E-state index in [1.165, 1.54) is 0 Å². The summed E-state index contributed by atoms with van der Waals surface area (Å²) in [5.74, 6) is 0.337. The van der Waals surface area contributed by atoms with Crippen LogP contribution in [0.2, 0.25) is 0 Å². The first-order valence-corrected chi connectivity index (χ1v) is 6.19. The number of hydrogen-bond acceptors (Lipinski definition) is 4.